The highest BCUT2D eigenvalue weighted by atomic mass is 19.1. The molecule has 0 aliphatic carbocycles. The van der Waals surface area contributed by atoms with Crippen molar-refractivity contribution in [2.75, 3.05) is 0 Å². The Labute approximate surface area is 89.0 Å². The van der Waals surface area contributed by atoms with Crippen molar-refractivity contribution >= 4 is 0 Å². The lowest BCUT2D eigenvalue weighted by atomic mass is 10.0. The number of rotatable bonds is 4. The lowest BCUT2D eigenvalue weighted by molar-refractivity contribution is 0.159. The molecule has 0 aliphatic heterocycles. The Hall–Kier alpha value is -1.40. The van der Waals surface area contributed by atoms with Gasteiger partial charge in [0.2, 0.25) is 0 Å². The van der Waals surface area contributed by atoms with Crippen LogP contribution in [-0.2, 0) is 0 Å². The molecule has 0 fully saturated rings. The Morgan fingerprint density at radius 2 is 2.27 bits per heavy atom. The molecule has 2 nitrogen and oxygen atoms in total. The number of hydrogen-bond acceptors (Lipinski definition) is 2. The third-order valence-electron chi connectivity index (χ3n) is 2.32. The predicted molar refractivity (Wildman–Crippen MR) is 55.6 cm³/mol. The maximum Gasteiger partial charge on any atom is 0.130 e. The van der Waals surface area contributed by atoms with Crippen LogP contribution in [0.3, 0.4) is 0 Å². The van der Waals surface area contributed by atoms with Gasteiger partial charge in [-0.25, -0.2) is 4.39 Å². The Kier molecular flexibility index (Phi) is 4.26. The lowest BCUT2D eigenvalue weighted by Crippen LogP contribution is -2.00. The first-order chi connectivity index (χ1) is 7.19. The second-order valence-corrected chi connectivity index (χ2v) is 3.51. The molecular weight excluding hydrogens is 193 g/mol. The second kappa shape index (κ2) is 5.47. The number of aliphatic hydroxyl groups excluding tert-OH is 1. The van der Waals surface area contributed by atoms with Crippen molar-refractivity contribution in [3.63, 3.8) is 0 Å². The standard InChI is InChI=1S/C12H14FNO/c1-2-3-4-12(15)10-6-5-9(8-14)7-11(10)13/h5-7,12,15H,2-4H2,1H3. The number of halogens is 1. The fourth-order valence-corrected chi connectivity index (χ4v) is 1.42. The van der Waals surface area contributed by atoms with E-state index in [0.717, 1.165) is 18.9 Å². The number of unbranched alkanes of at least 4 members (excludes halogenated alkanes) is 1. The summed E-state index contributed by atoms with van der Waals surface area (Å²) in [5.74, 6) is -0.502. The summed E-state index contributed by atoms with van der Waals surface area (Å²) in [6.07, 6.45) is 1.62. The van der Waals surface area contributed by atoms with E-state index in [1.54, 1.807) is 0 Å². The van der Waals surface area contributed by atoms with Gasteiger partial charge in [-0.3, -0.25) is 0 Å². The summed E-state index contributed by atoms with van der Waals surface area (Å²) in [5, 5.41) is 18.2. The van der Waals surface area contributed by atoms with Crippen LogP contribution < -0.4 is 0 Å². The van der Waals surface area contributed by atoms with Crippen LogP contribution in [0.4, 0.5) is 4.39 Å². The third kappa shape index (κ3) is 3.03. The summed E-state index contributed by atoms with van der Waals surface area (Å²) in [4.78, 5) is 0. The molecule has 3 heteroatoms. The topological polar surface area (TPSA) is 44.0 Å². The molecule has 1 aromatic rings. The molecule has 0 amide bonds. The Balaban J connectivity index is 2.82. The fourth-order valence-electron chi connectivity index (χ4n) is 1.42. The van der Waals surface area contributed by atoms with E-state index in [-0.39, 0.29) is 11.1 Å². The Morgan fingerprint density at radius 3 is 2.80 bits per heavy atom. The van der Waals surface area contributed by atoms with E-state index in [1.165, 1.54) is 12.1 Å². The molecule has 1 unspecified atom stereocenters. The normalized spacial score (nSPS) is 12.1. The van der Waals surface area contributed by atoms with Crippen molar-refractivity contribution < 1.29 is 9.50 Å². The fraction of sp³-hybridized carbons (Fsp3) is 0.417. The summed E-state index contributed by atoms with van der Waals surface area (Å²) in [7, 11) is 0. The molecular formula is C12H14FNO. The van der Waals surface area contributed by atoms with Gasteiger partial charge in [0.05, 0.1) is 17.7 Å². The van der Waals surface area contributed by atoms with Gasteiger partial charge in [-0.15, -0.1) is 0 Å². The highest BCUT2D eigenvalue weighted by Gasteiger charge is 2.12. The molecule has 0 spiro atoms. The summed E-state index contributed by atoms with van der Waals surface area (Å²) in [6.45, 7) is 2.02. The number of nitriles is 1. The molecule has 0 aromatic heterocycles. The van der Waals surface area contributed by atoms with Gasteiger partial charge in [0, 0.05) is 5.56 Å². The number of benzene rings is 1. The zero-order chi connectivity index (χ0) is 11.3. The summed E-state index contributed by atoms with van der Waals surface area (Å²) < 4.78 is 13.4. The van der Waals surface area contributed by atoms with Gasteiger partial charge in [-0.2, -0.15) is 5.26 Å². The largest absolute Gasteiger partial charge is 0.388 e. The van der Waals surface area contributed by atoms with Crippen LogP contribution in [0.2, 0.25) is 0 Å². The van der Waals surface area contributed by atoms with Gasteiger partial charge >= 0.3 is 0 Å². The summed E-state index contributed by atoms with van der Waals surface area (Å²) >= 11 is 0. The monoisotopic (exact) mass is 207 g/mol. The smallest absolute Gasteiger partial charge is 0.130 e. The van der Waals surface area contributed by atoms with Gasteiger partial charge in [0.1, 0.15) is 5.82 Å². The first kappa shape index (κ1) is 11.7. The van der Waals surface area contributed by atoms with E-state index in [1.807, 2.05) is 13.0 Å². The highest BCUT2D eigenvalue weighted by Crippen LogP contribution is 2.22. The minimum Gasteiger partial charge on any atom is -0.388 e. The number of aliphatic hydroxyl groups is 1. The second-order valence-electron chi connectivity index (χ2n) is 3.51. The summed E-state index contributed by atoms with van der Waals surface area (Å²) in [5.41, 5.74) is 0.557. The summed E-state index contributed by atoms with van der Waals surface area (Å²) in [6, 6.07) is 6.01. The molecule has 0 saturated carbocycles. The number of hydrogen-bond donors (Lipinski definition) is 1. The third-order valence-corrected chi connectivity index (χ3v) is 2.32. The van der Waals surface area contributed by atoms with E-state index < -0.39 is 11.9 Å². The van der Waals surface area contributed by atoms with Crippen molar-refractivity contribution in [2.24, 2.45) is 0 Å². The minimum atomic E-state index is -0.766. The van der Waals surface area contributed by atoms with Crippen LogP contribution in [0.15, 0.2) is 18.2 Å². The van der Waals surface area contributed by atoms with E-state index in [4.69, 9.17) is 5.26 Å². The molecule has 80 valence electrons. The molecule has 1 N–H and O–H groups in total. The molecule has 0 bridgehead atoms. The van der Waals surface area contributed by atoms with Crippen LogP contribution in [0.25, 0.3) is 0 Å². The minimum absolute atomic E-state index is 0.277. The van der Waals surface area contributed by atoms with Gasteiger partial charge in [0.25, 0.3) is 0 Å². The molecule has 0 radical (unpaired) electrons. The average molecular weight is 207 g/mol. The molecule has 1 atom stereocenters. The van der Waals surface area contributed by atoms with Gasteiger partial charge in [-0.05, 0) is 18.6 Å². The predicted octanol–water partition coefficient (Wildman–Crippen LogP) is 2.92. The highest BCUT2D eigenvalue weighted by molar-refractivity contribution is 5.33. The van der Waals surface area contributed by atoms with Crippen molar-refractivity contribution in [3.8, 4) is 6.07 Å². The molecule has 1 rings (SSSR count). The Bertz CT molecular complexity index is 370. The zero-order valence-corrected chi connectivity index (χ0v) is 8.70. The first-order valence-corrected chi connectivity index (χ1v) is 5.06. The van der Waals surface area contributed by atoms with E-state index in [2.05, 4.69) is 0 Å². The molecule has 0 saturated heterocycles. The quantitative estimate of drug-likeness (QED) is 0.824. The molecule has 0 aliphatic rings. The van der Waals surface area contributed by atoms with Gasteiger partial charge in [-0.1, -0.05) is 25.8 Å². The molecule has 15 heavy (non-hydrogen) atoms. The molecule has 0 heterocycles. The van der Waals surface area contributed by atoms with E-state index in [0.29, 0.717) is 6.42 Å². The van der Waals surface area contributed by atoms with Crippen molar-refractivity contribution in [1.29, 1.82) is 5.26 Å². The van der Waals surface area contributed by atoms with Crippen molar-refractivity contribution in [1.82, 2.24) is 0 Å². The van der Waals surface area contributed by atoms with Crippen LogP contribution in [-0.4, -0.2) is 5.11 Å². The van der Waals surface area contributed by atoms with Crippen LogP contribution in [0.1, 0.15) is 43.4 Å². The van der Waals surface area contributed by atoms with Crippen LogP contribution >= 0.6 is 0 Å². The zero-order valence-electron chi connectivity index (χ0n) is 8.70. The van der Waals surface area contributed by atoms with Crippen LogP contribution in [0, 0.1) is 17.1 Å². The number of nitrogens with zero attached hydrogens (tertiary/aromatic N) is 1. The van der Waals surface area contributed by atoms with E-state index >= 15 is 0 Å². The maximum absolute atomic E-state index is 13.4. The van der Waals surface area contributed by atoms with Crippen molar-refractivity contribution in [2.45, 2.75) is 32.3 Å². The van der Waals surface area contributed by atoms with Gasteiger partial charge in [0.15, 0.2) is 0 Å². The lowest BCUT2D eigenvalue weighted by Gasteiger charge is -2.11. The van der Waals surface area contributed by atoms with Crippen LogP contribution in [0.5, 0.6) is 0 Å². The SMILES string of the molecule is CCCCC(O)c1ccc(C#N)cc1F. The Morgan fingerprint density at radius 1 is 1.53 bits per heavy atom. The van der Waals surface area contributed by atoms with Crippen molar-refractivity contribution in [3.05, 3.63) is 35.1 Å². The molecule has 1 aromatic carbocycles. The van der Waals surface area contributed by atoms with E-state index in [9.17, 15) is 9.50 Å². The van der Waals surface area contributed by atoms with Gasteiger partial charge < -0.3 is 5.11 Å². The maximum atomic E-state index is 13.4. The first-order valence-electron chi connectivity index (χ1n) is 5.06. The average Bonchev–Trinajstić information content (AvgIpc) is 2.25.